The number of rotatable bonds is 6. The minimum Gasteiger partial charge on any atom is -0.376 e. The van der Waals surface area contributed by atoms with Gasteiger partial charge in [-0.3, -0.25) is 14.5 Å². The Morgan fingerprint density at radius 2 is 2.10 bits per heavy atom. The summed E-state index contributed by atoms with van der Waals surface area (Å²) < 4.78 is 5.46. The zero-order chi connectivity index (χ0) is 15.1. The highest BCUT2D eigenvalue weighted by molar-refractivity contribution is 5.81. The predicted octanol–water partition coefficient (Wildman–Crippen LogP) is -1.35. The highest BCUT2D eigenvalue weighted by Crippen LogP contribution is 2.10. The van der Waals surface area contributed by atoms with Crippen LogP contribution in [0.5, 0.6) is 0 Å². The number of ether oxygens (including phenoxy) is 1. The molecule has 2 heterocycles. The molecular formula is C14H26N4O3. The summed E-state index contributed by atoms with van der Waals surface area (Å²) in [6.07, 6.45) is 2.23. The maximum Gasteiger partial charge on any atom is 0.236 e. The lowest BCUT2D eigenvalue weighted by Gasteiger charge is -2.29. The van der Waals surface area contributed by atoms with Crippen molar-refractivity contribution in [2.75, 3.05) is 59.5 Å². The highest BCUT2D eigenvalue weighted by Gasteiger charge is 2.19. The molecule has 1 atom stereocenters. The first kappa shape index (κ1) is 16.2. The molecule has 0 radical (unpaired) electrons. The second kappa shape index (κ2) is 8.31. The Morgan fingerprint density at radius 3 is 2.76 bits per heavy atom. The van der Waals surface area contributed by atoms with Crippen molar-refractivity contribution in [3.05, 3.63) is 0 Å². The van der Waals surface area contributed by atoms with Gasteiger partial charge in [0, 0.05) is 39.3 Å². The third-order valence-electron chi connectivity index (χ3n) is 3.84. The Kier molecular flexibility index (Phi) is 6.41. The monoisotopic (exact) mass is 298 g/mol. The maximum absolute atomic E-state index is 12.1. The quantitative estimate of drug-likeness (QED) is 0.634. The van der Waals surface area contributed by atoms with Crippen molar-refractivity contribution in [2.45, 2.75) is 18.9 Å². The Bertz CT molecular complexity index is 352. The van der Waals surface area contributed by atoms with Gasteiger partial charge in [0.1, 0.15) is 0 Å². The molecule has 2 rings (SSSR count). The van der Waals surface area contributed by atoms with E-state index in [4.69, 9.17) is 4.74 Å². The average Bonchev–Trinajstić information content (AvgIpc) is 2.99. The minimum atomic E-state index is -0.0545. The molecule has 0 aromatic heterocycles. The fourth-order valence-electron chi connectivity index (χ4n) is 2.64. The van der Waals surface area contributed by atoms with Gasteiger partial charge in [0.05, 0.1) is 19.2 Å². The van der Waals surface area contributed by atoms with Gasteiger partial charge in [-0.05, 0) is 19.9 Å². The summed E-state index contributed by atoms with van der Waals surface area (Å²) in [5.41, 5.74) is 0. The molecule has 21 heavy (non-hydrogen) atoms. The molecule has 7 nitrogen and oxygen atoms in total. The van der Waals surface area contributed by atoms with Crippen molar-refractivity contribution in [2.24, 2.45) is 0 Å². The van der Waals surface area contributed by atoms with Crippen LogP contribution >= 0.6 is 0 Å². The lowest BCUT2D eigenvalue weighted by molar-refractivity contribution is -0.133. The van der Waals surface area contributed by atoms with E-state index in [1.54, 1.807) is 11.9 Å². The Hall–Kier alpha value is -1.18. The van der Waals surface area contributed by atoms with Gasteiger partial charge in [0.25, 0.3) is 0 Å². The minimum absolute atomic E-state index is 0.0545. The van der Waals surface area contributed by atoms with E-state index in [9.17, 15) is 9.59 Å². The molecule has 2 saturated heterocycles. The number of nitrogens with zero attached hydrogens (tertiary/aromatic N) is 2. The lowest BCUT2D eigenvalue weighted by Crippen LogP contribution is -2.50. The van der Waals surface area contributed by atoms with E-state index in [-0.39, 0.29) is 31.0 Å². The third-order valence-corrected chi connectivity index (χ3v) is 3.84. The third kappa shape index (κ3) is 5.61. The van der Waals surface area contributed by atoms with Gasteiger partial charge in [-0.1, -0.05) is 0 Å². The van der Waals surface area contributed by atoms with Crippen LogP contribution in [0.3, 0.4) is 0 Å². The molecule has 0 aromatic rings. The molecule has 0 aromatic carbocycles. The topological polar surface area (TPSA) is 73.9 Å². The zero-order valence-corrected chi connectivity index (χ0v) is 12.8. The number of likely N-dealkylation sites (N-methyl/N-ethyl adjacent to an activating group) is 1. The average molecular weight is 298 g/mol. The van der Waals surface area contributed by atoms with Crippen LogP contribution in [0.15, 0.2) is 0 Å². The van der Waals surface area contributed by atoms with Crippen LogP contribution in [-0.4, -0.2) is 87.2 Å². The van der Waals surface area contributed by atoms with Gasteiger partial charge in [0.15, 0.2) is 0 Å². The smallest absolute Gasteiger partial charge is 0.236 e. The van der Waals surface area contributed by atoms with Crippen molar-refractivity contribution in [1.82, 2.24) is 20.4 Å². The second-order valence-electron chi connectivity index (χ2n) is 5.74. The van der Waals surface area contributed by atoms with Crippen LogP contribution in [-0.2, 0) is 14.3 Å². The standard InChI is InChI=1S/C14H26N4O3/c1-17(11-14(20)18-6-4-15-5-7-18)10-13(19)16-9-12-3-2-8-21-12/h12,15H,2-11H2,1H3,(H,16,19). The molecular weight excluding hydrogens is 272 g/mol. The molecule has 1 unspecified atom stereocenters. The molecule has 0 spiro atoms. The van der Waals surface area contributed by atoms with Crippen LogP contribution in [0.25, 0.3) is 0 Å². The molecule has 0 saturated carbocycles. The summed E-state index contributed by atoms with van der Waals surface area (Å²) in [5.74, 6) is 0.0343. The molecule has 2 fully saturated rings. The molecule has 0 bridgehead atoms. The molecule has 0 aliphatic carbocycles. The van der Waals surface area contributed by atoms with Crippen molar-refractivity contribution in [3.8, 4) is 0 Å². The Balaban J connectivity index is 1.62. The Labute approximate surface area is 126 Å². The largest absolute Gasteiger partial charge is 0.376 e. The van der Waals surface area contributed by atoms with Gasteiger partial charge >= 0.3 is 0 Å². The van der Waals surface area contributed by atoms with E-state index in [1.807, 2.05) is 4.90 Å². The summed E-state index contributed by atoms with van der Waals surface area (Å²) in [6.45, 7) is 5.07. The molecule has 2 aliphatic heterocycles. The molecule has 2 N–H and O–H groups in total. The van der Waals surface area contributed by atoms with E-state index in [2.05, 4.69) is 10.6 Å². The molecule has 120 valence electrons. The van der Waals surface area contributed by atoms with E-state index in [0.29, 0.717) is 6.54 Å². The summed E-state index contributed by atoms with van der Waals surface area (Å²) >= 11 is 0. The fraction of sp³-hybridized carbons (Fsp3) is 0.857. The number of hydrogen-bond acceptors (Lipinski definition) is 5. The second-order valence-corrected chi connectivity index (χ2v) is 5.74. The van der Waals surface area contributed by atoms with Crippen molar-refractivity contribution in [3.63, 3.8) is 0 Å². The van der Waals surface area contributed by atoms with E-state index >= 15 is 0 Å². The van der Waals surface area contributed by atoms with Crippen molar-refractivity contribution < 1.29 is 14.3 Å². The first-order chi connectivity index (χ1) is 10.1. The first-order valence-corrected chi connectivity index (χ1v) is 7.70. The maximum atomic E-state index is 12.1. The summed E-state index contributed by atoms with van der Waals surface area (Å²) in [4.78, 5) is 27.5. The summed E-state index contributed by atoms with van der Waals surface area (Å²) in [5, 5.41) is 6.08. The predicted molar refractivity (Wildman–Crippen MR) is 78.9 cm³/mol. The fourth-order valence-corrected chi connectivity index (χ4v) is 2.64. The zero-order valence-electron chi connectivity index (χ0n) is 12.8. The van der Waals surface area contributed by atoms with Gasteiger partial charge in [-0.25, -0.2) is 0 Å². The molecule has 7 heteroatoms. The van der Waals surface area contributed by atoms with Crippen LogP contribution < -0.4 is 10.6 Å². The van der Waals surface area contributed by atoms with Crippen LogP contribution in [0.2, 0.25) is 0 Å². The number of hydrogen-bond donors (Lipinski definition) is 2. The molecule has 2 aliphatic rings. The van der Waals surface area contributed by atoms with E-state index in [0.717, 1.165) is 45.6 Å². The number of nitrogens with one attached hydrogen (secondary N) is 2. The number of amides is 2. The molecule has 2 amide bonds. The van der Waals surface area contributed by atoms with E-state index in [1.165, 1.54) is 0 Å². The number of piperazine rings is 1. The van der Waals surface area contributed by atoms with Gasteiger partial charge in [0.2, 0.25) is 11.8 Å². The van der Waals surface area contributed by atoms with Gasteiger partial charge < -0.3 is 20.3 Å². The Morgan fingerprint density at radius 1 is 1.33 bits per heavy atom. The summed E-state index contributed by atoms with van der Waals surface area (Å²) in [7, 11) is 1.80. The summed E-state index contributed by atoms with van der Waals surface area (Å²) in [6, 6.07) is 0. The van der Waals surface area contributed by atoms with Crippen molar-refractivity contribution >= 4 is 11.8 Å². The number of carbonyl (C=O) groups is 2. The van der Waals surface area contributed by atoms with Crippen LogP contribution in [0.1, 0.15) is 12.8 Å². The lowest BCUT2D eigenvalue weighted by atomic mass is 10.2. The SMILES string of the molecule is CN(CC(=O)NCC1CCCO1)CC(=O)N1CCNCC1. The number of carbonyl (C=O) groups excluding carboxylic acids is 2. The van der Waals surface area contributed by atoms with Gasteiger partial charge in [-0.15, -0.1) is 0 Å². The van der Waals surface area contributed by atoms with E-state index < -0.39 is 0 Å². The normalized spacial score (nSPS) is 22.6. The highest BCUT2D eigenvalue weighted by atomic mass is 16.5. The first-order valence-electron chi connectivity index (χ1n) is 7.70. The van der Waals surface area contributed by atoms with Gasteiger partial charge in [-0.2, -0.15) is 0 Å². The van der Waals surface area contributed by atoms with Crippen molar-refractivity contribution in [1.29, 1.82) is 0 Å². The van der Waals surface area contributed by atoms with Crippen LogP contribution in [0, 0.1) is 0 Å². The van der Waals surface area contributed by atoms with Crippen LogP contribution in [0.4, 0.5) is 0 Å².